The molecule has 0 aromatic heterocycles. The van der Waals surface area contributed by atoms with Gasteiger partial charge < -0.3 is 14.4 Å². The fraction of sp³-hybridized carbons (Fsp3) is 0.429. The summed E-state index contributed by atoms with van der Waals surface area (Å²) in [6.45, 7) is 0.422. The molecule has 0 spiro atoms. The van der Waals surface area contributed by atoms with Crippen molar-refractivity contribution in [3.63, 3.8) is 0 Å². The van der Waals surface area contributed by atoms with Gasteiger partial charge in [-0.05, 0) is 12.0 Å². The molecule has 1 amide bonds. The SMILES string of the molecule is CN(C)C(=O)OC1OCCc2c(C(=O)CBr)cccc21. The van der Waals surface area contributed by atoms with Gasteiger partial charge in [0.2, 0.25) is 6.29 Å². The van der Waals surface area contributed by atoms with Crippen LogP contribution in [0.15, 0.2) is 18.2 Å². The Hall–Kier alpha value is -1.40. The number of hydrogen-bond acceptors (Lipinski definition) is 4. The number of nitrogens with zero attached hydrogens (tertiary/aromatic N) is 1. The van der Waals surface area contributed by atoms with Crippen molar-refractivity contribution < 1.29 is 19.1 Å². The minimum absolute atomic E-state index is 0.0152. The number of alkyl halides is 1. The highest BCUT2D eigenvalue weighted by Crippen LogP contribution is 2.31. The molecule has 1 atom stereocenters. The van der Waals surface area contributed by atoms with E-state index in [1.54, 1.807) is 26.2 Å². The van der Waals surface area contributed by atoms with Crippen LogP contribution in [0.3, 0.4) is 0 Å². The number of Topliss-reactive ketones (excluding diaryl/α,β-unsaturated/α-hetero) is 1. The molecule has 1 aliphatic rings. The van der Waals surface area contributed by atoms with Crippen LogP contribution in [0.25, 0.3) is 0 Å². The van der Waals surface area contributed by atoms with Crippen LogP contribution in [0.1, 0.15) is 27.8 Å². The summed E-state index contributed by atoms with van der Waals surface area (Å²) in [4.78, 5) is 24.9. The molecule has 6 heteroatoms. The zero-order valence-corrected chi connectivity index (χ0v) is 13.0. The Kier molecular flexibility index (Phi) is 4.77. The lowest BCUT2D eigenvalue weighted by molar-refractivity contribution is -0.120. The molecule has 1 aromatic rings. The quantitative estimate of drug-likeness (QED) is 0.626. The molecular weight excluding hydrogens is 326 g/mol. The molecule has 0 fully saturated rings. The minimum atomic E-state index is -0.753. The van der Waals surface area contributed by atoms with Crippen molar-refractivity contribution in [2.24, 2.45) is 0 Å². The molecule has 2 rings (SSSR count). The fourth-order valence-corrected chi connectivity index (χ4v) is 2.39. The van der Waals surface area contributed by atoms with E-state index in [4.69, 9.17) is 9.47 Å². The number of rotatable bonds is 3. The average molecular weight is 342 g/mol. The Balaban J connectivity index is 2.32. The zero-order chi connectivity index (χ0) is 14.7. The number of benzene rings is 1. The molecule has 108 valence electrons. The van der Waals surface area contributed by atoms with Gasteiger partial charge in [0.25, 0.3) is 0 Å². The van der Waals surface area contributed by atoms with Crippen molar-refractivity contribution in [3.05, 3.63) is 34.9 Å². The molecule has 1 aromatic carbocycles. The Bertz CT molecular complexity index is 530. The molecule has 1 aliphatic heterocycles. The maximum absolute atomic E-state index is 11.9. The lowest BCUT2D eigenvalue weighted by Gasteiger charge is -2.27. The van der Waals surface area contributed by atoms with Crippen LogP contribution < -0.4 is 0 Å². The molecule has 0 N–H and O–H groups in total. The Labute approximate surface area is 126 Å². The van der Waals surface area contributed by atoms with Crippen molar-refractivity contribution >= 4 is 27.8 Å². The summed E-state index contributed by atoms with van der Waals surface area (Å²) in [6.07, 6.45) is -0.586. The van der Waals surface area contributed by atoms with E-state index in [0.29, 0.717) is 18.6 Å². The fourth-order valence-electron chi connectivity index (χ4n) is 2.09. The van der Waals surface area contributed by atoms with E-state index >= 15 is 0 Å². The number of carbonyl (C=O) groups is 2. The highest BCUT2D eigenvalue weighted by Gasteiger charge is 2.27. The third kappa shape index (κ3) is 3.02. The van der Waals surface area contributed by atoms with Gasteiger partial charge in [0.05, 0.1) is 11.9 Å². The monoisotopic (exact) mass is 341 g/mol. The van der Waals surface area contributed by atoms with E-state index in [9.17, 15) is 9.59 Å². The summed E-state index contributed by atoms with van der Waals surface area (Å²) in [7, 11) is 3.22. The number of ether oxygens (including phenoxy) is 2. The summed E-state index contributed by atoms with van der Waals surface area (Å²) in [5.41, 5.74) is 2.31. The lowest BCUT2D eigenvalue weighted by Crippen LogP contribution is -2.29. The maximum atomic E-state index is 11.9. The Morgan fingerprint density at radius 3 is 2.85 bits per heavy atom. The average Bonchev–Trinajstić information content (AvgIpc) is 2.46. The molecule has 5 nitrogen and oxygen atoms in total. The second kappa shape index (κ2) is 6.37. The number of amides is 1. The summed E-state index contributed by atoms with van der Waals surface area (Å²) in [5, 5.41) is 0.270. The van der Waals surface area contributed by atoms with Gasteiger partial charge in [0.1, 0.15) is 0 Å². The highest BCUT2D eigenvalue weighted by molar-refractivity contribution is 9.09. The van der Waals surface area contributed by atoms with Crippen molar-refractivity contribution in [1.82, 2.24) is 4.90 Å². The number of hydrogen-bond donors (Lipinski definition) is 0. The molecule has 0 saturated heterocycles. The summed E-state index contributed by atoms with van der Waals surface area (Å²) in [5.74, 6) is 0.0152. The topological polar surface area (TPSA) is 55.8 Å². The molecule has 1 heterocycles. The van der Waals surface area contributed by atoms with Crippen molar-refractivity contribution in [2.75, 3.05) is 26.0 Å². The second-order valence-corrected chi connectivity index (χ2v) is 5.22. The summed E-state index contributed by atoms with van der Waals surface area (Å²) in [6, 6.07) is 5.39. The van der Waals surface area contributed by atoms with Crippen molar-refractivity contribution in [2.45, 2.75) is 12.7 Å². The molecule has 0 radical (unpaired) electrons. The van der Waals surface area contributed by atoms with Crippen molar-refractivity contribution in [3.8, 4) is 0 Å². The third-order valence-electron chi connectivity index (χ3n) is 3.08. The largest absolute Gasteiger partial charge is 0.415 e. The van der Waals surface area contributed by atoms with Crippen LogP contribution in [0.4, 0.5) is 4.79 Å². The van der Waals surface area contributed by atoms with E-state index in [2.05, 4.69) is 15.9 Å². The Morgan fingerprint density at radius 1 is 1.45 bits per heavy atom. The van der Waals surface area contributed by atoms with E-state index in [0.717, 1.165) is 11.1 Å². The summed E-state index contributed by atoms with van der Waals surface area (Å²) >= 11 is 3.18. The normalized spacial score (nSPS) is 17.2. The van der Waals surface area contributed by atoms with Gasteiger partial charge in [-0.15, -0.1) is 0 Å². The molecule has 0 bridgehead atoms. The van der Waals surface area contributed by atoms with Crippen LogP contribution in [0.2, 0.25) is 0 Å². The number of carbonyl (C=O) groups excluding carboxylic acids is 2. The van der Waals surface area contributed by atoms with Gasteiger partial charge in [0.15, 0.2) is 5.78 Å². The predicted octanol–water partition coefficient (Wildman–Crippen LogP) is 2.53. The van der Waals surface area contributed by atoms with Crippen LogP contribution >= 0.6 is 15.9 Å². The van der Waals surface area contributed by atoms with Crippen LogP contribution in [0.5, 0.6) is 0 Å². The van der Waals surface area contributed by atoms with Gasteiger partial charge in [-0.2, -0.15) is 0 Å². The molecule has 0 saturated carbocycles. The second-order valence-electron chi connectivity index (χ2n) is 4.66. The first-order chi connectivity index (χ1) is 9.54. The van der Waals surface area contributed by atoms with E-state index in [1.165, 1.54) is 4.90 Å². The first-order valence-corrected chi connectivity index (χ1v) is 7.37. The molecule has 0 aliphatic carbocycles. The predicted molar refractivity (Wildman–Crippen MR) is 77.1 cm³/mol. The summed E-state index contributed by atoms with van der Waals surface area (Å²) < 4.78 is 10.8. The number of ketones is 1. The van der Waals surface area contributed by atoms with E-state index in [-0.39, 0.29) is 11.1 Å². The van der Waals surface area contributed by atoms with Crippen LogP contribution in [0, 0.1) is 0 Å². The minimum Gasteiger partial charge on any atom is -0.415 e. The zero-order valence-electron chi connectivity index (χ0n) is 11.4. The number of fused-ring (bicyclic) bond motifs is 1. The number of halogens is 1. The van der Waals surface area contributed by atoms with Gasteiger partial charge >= 0.3 is 6.09 Å². The smallest absolute Gasteiger partial charge is 0.411 e. The standard InChI is InChI=1S/C14H16BrNO4/c1-16(2)14(18)20-13-11-5-3-4-10(12(17)8-15)9(11)6-7-19-13/h3-5,13H,6-8H2,1-2H3. The molecule has 1 unspecified atom stereocenters. The first kappa shape index (κ1) is 15.0. The van der Waals surface area contributed by atoms with Crippen molar-refractivity contribution in [1.29, 1.82) is 0 Å². The van der Waals surface area contributed by atoms with Crippen LogP contribution in [-0.4, -0.2) is 42.8 Å². The molecular formula is C14H16BrNO4. The third-order valence-corrected chi connectivity index (χ3v) is 3.59. The van der Waals surface area contributed by atoms with E-state index in [1.807, 2.05) is 6.07 Å². The van der Waals surface area contributed by atoms with Crippen LogP contribution in [-0.2, 0) is 15.9 Å². The first-order valence-electron chi connectivity index (χ1n) is 6.25. The Morgan fingerprint density at radius 2 is 2.20 bits per heavy atom. The van der Waals surface area contributed by atoms with E-state index < -0.39 is 12.4 Å². The van der Waals surface area contributed by atoms with Gasteiger partial charge in [-0.1, -0.05) is 34.1 Å². The van der Waals surface area contributed by atoms with Gasteiger partial charge in [-0.25, -0.2) is 4.79 Å². The molecule has 20 heavy (non-hydrogen) atoms. The highest BCUT2D eigenvalue weighted by atomic mass is 79.9. The maximum Gasteiger partial charge on any atom is 0.411 e. The van der Waals surface area contributed by atoms with Gasteiger partial charge in [0, 0.05) is 25.2 Å². The lowest BCUT2D eigenvalue weighted by atomic mass is 9.94. The van der Waals surface area contributed by atoms with Gasteiger partial charge in [-0.3, -0.25) is 4.79 Å².